The van der Waals surface area contributed by atoms with Crippen LogP contribution >= 0.6 is 11.6 Å². The summed E-state index contributed by atoms with van der Waals surface area (Å²) in [4.78, 5) is 21.4. The van der Waals surface area contributed by atoms with Crippen molar-refractivity contribution in [3.8, 4) is 17.6 Å². The summed E-state index contributed by atoms with van der Waals surface area (Å²) in [5, 5.41) is 11.2. The molecular formula is C32H32ClN5O3. The fourth-order valence-corrected chi connectivity index (χ4v) is 3.34. The van der Waals surface area contributed by atoms with Gasteiger partial charge < -0.3 is 19.7 Å². The van der Waals surface area contributed by atoms with E-state index in [1.807, 2.05) is 0 Å². The molecule has 0 amide bonds. The molecule has 2 aromatic carbocycles. The van der Waals surface area contributed by atoms with Crippen LogP contribution in [0.3, 0.4) is 0 Å². The number of benzene rings is 2. The van der Waals surface area contributed by atoms with Gasteiger partial charge in [-0.15, -0.1) is 0 Å². The average Bonchev–Trinajstić information content (AvgIpc) is 3.16. The first-order valence-electron chi connectivity index (χ1n) is 21.4. The minimum atomic E-state index is -3.22. The van der Waals surface area contributed by atoms with Crippen LogP contribution < -0.4 is 14.8 Å². The monoisotopic (exact) mass is 589 g/mol. The lowest BCUT2D eigenvalue weighted by Crippen LogP contribution is -2.11. The second-order valence-corrected chi connectivity index (χ2v) is 8.21. The zero-order valence-electron chi connectivity index (χ0n) is 41.6. The van der Waals surface area contributed by atoms with Crippen molar-refractivity contribution in [2.45, 2.75) is 26.8 Å². The van der Waals surface area contributed by atoms with Crippen LogP contribution in [0.2, 0.25) is 5.02 Å². The summed E-state index contributed by atoms with van der Waals surface area (Å²) in [6.45, 7) is -9.96. The summed E-state index contributed by atoms with van der Waals surface area (Å²) in [5.74, 6) is -3.20. The van der Waals surface area contributed by atoms with Gasteiger partial charge in [-0.1, -0.05) is 23.7 Å². The molecule has 9 heteroatoms. The number of nitrogens with one attached hydrogen (secondary N) is 1. The number of hydrogen-bond donors (Lipinski definition) is 1. The largest absolute Gasteiger partial charge is 0.494 e. The minimum Gasteiger partial charge on any atom is -0.494 e. The zero-order valence-corrected chi connectivity index (χ0v) is 22.4. The molecule has 0 bridgehead atoms. The molecular weight excluding hydrogens is 538 g/mol. The van der Waals surface area contributed by atoms with Gasteiger partial charge >= 0.3 is 0 Å². The number of likely N-dealkylation sites (N-methyl/N-ethyl adjacent to an activating group) is 1. The molecule has 2 heterocycles. The third-order valence-corrected chi connectivity index (χ3v) is 5.08. The molecule has 0 spiro atoms. The highest BCUT2D eigenvalue weighted by molar-refractivity contribution is 6.32. The SMILES string of the molecule is [2H]/C(C(=O)Cc1c(OC([2H])([2H])C)c([2H])c2nc([2H])c(C#N)c(Nc3c([2H])c([2H])c(OC([2H])([2H])c4nc(C)c([2H])c([2H])c4[2H])c(Cl)c3[2H])c2c1[2H])=C(/[2H])C([2H])([2H])N(C)C([2H])([2H])[2H]. The maximum atomic E-state index is 13.5. The molecule has 0 radical (unpaired) electrons. The molecule has 0 saturated carbocycles. The minimum absolute atomic E-state index is 0.116. The number of anilines is 2. The second-order valence-electron chi connectivity index (χ2n) is 7.84. The van der Waals surface area contributed by atoms with Crippen molar-refractivity contribution < 1.29 is 41.7 Å². The smallest absolute Gasteiger partial charge is 0.159 e. The molecule has 41 heavy (non-hydrogen) atoms. The summed E-state index contributed by atoms with van der Waals surface area (Å²) in [5.41, 5.74) is -4.35. The Bertz CT molecular complexity index is 2540. The van der Waals surface area contributed by atoms with E-state index in [9.17, 15) is 11.4 Å². The molecule has 8 nitrogen and oxygen atoms in total. The van der Waals surface area contributed by atoms with Gasteiger partial charge in [0, 0.05) is 54.3 Å². The highest BCUT2D eigenvalue weighted by atomic mass is 35.5. The molecule has 4 aromatic rings. The quantitative estimate of drug-likeness (QED) is 0.189. The van der Waals surface area contributed by atoms with E-state index in [2.05, 4.69) is 15.3 Å². The molecule has 0 saturated heterocycles. The average molecular weight is 590 g/mol. The van der Waals surface area contributed by atoms with Gasteiger partial charge in [0.05, 0.1) is 54.6 Å². The fraction of sp³-hybridized carbons (Fsp3) is 0.250. The van der Waals surface area contributed by atoms with Crippen LogP contribution in [-0.4, -0.2) is 47.7 Å². The number of halogens is 1. The summed E-state index contributed by atoms with van der Waals surface area (Å²) in [6.07, 6.45) is -2.07. The number of ether oxygens (including phenoxy) is 2. The van der Waals surface area contributed by atoms with Gasteiger partial charge in [0.15, 0.2) is 5.78 Å². The van der Waals surface area contributed by atoms with Crippen LogP contribution in [0.25, 0.3) is 10.9 Å². The topological polar surface area (TPSA) is 100 Å². The van der Waals surface area contributed by atoms with Gasteiger partial charge in [-0.05, 0) is 70.2 Å². The Balaban J connectivity index is 1.99. The lowest BCUT2D eigenvalue weighted by molar-refractivity contribution is -0.114. The maximum Gasteiger partial charge on any atom is 0.159 e. The Kier molecular flexibility index (Phi) is 4.37. The molecule has 0 unspecified atom stereocenters. The van der Waals surface area contributed by atoms with Crippen molar-refractivity contribution in [3.05, 3.63) is 94.2 Å². The molecule has 2 aromatic heterocycles. The van der Waals surface area contributed by atoms with Crippen molar-refractivity contribution in [2.24, 2.45) is 0 Å². The van der Waals surface area contributed by atoms with E-state index < -0.39 is 161 Å². The second kappa shape index (κ2) is 13.8. The van der Waals surface area contributed by atoms with Crippen LogP contribution in [0.1, 0.15) is 56.9 Å². The highest BCUT2D eigenvalue weighted by Crippen LogP contribution is 2.36. The predicted molar refractivity (Wildman–Crippen MR) is 162 cm³/mol. The number of allylic oxidation sites excluding steroid dienone is 1. The molecule has 210 valence electrons. The number of ketones is 1. The van der Waals surface area contributed by atoms with Crippen molar-refractivity contribution in [1.29, 1.82) is 5.26 Å². The number of nitrogens with zero attached hydrogens (tertiary/aromatic N) is 4. The maximum absolute atomic E-state index is 13.5. The lowest BCUT2D eigenvalue weighted by Gasteiger charge is -2.16. The number of carbonyl (C=O) groups excluding carboxylic acids is 1. The number of rotatable bonds is 12. The third kappa shape index (κ3) is 7.82. The number of pyridine rings is 2. The van der Waals surface area contributed by atoms with Crippen LogP contribution in [0.4, 0.5) is 11.4 Å². The standard InChI is InChI=1S/C32H32ClN5O3/c1-5-40-31-17-29-27(15-22(31)14-26(39)10-7-13-38(3)4)32(23(18-34)19-35-29)37-24-11-12-30(28(33)16-24)41-20-25-9-6-8-21(2)36-25/h6-12,15-17,19H,5,13-14,20H2,1-4H3,(H,35,37)/b10-7+/i3D3,5D2,6D,7D,8D,9D,10D,11D,12D,13D2,15D,16D,17D,19D,20D2. The van der Waals surface area contributed by atoms with Crippen molar-refractivity contribution in [3.63, 3.8) is 0 Å². The first-order chi connectivity index (χ1) is 27.7. The van der Waals surface area contributed by atoms with Gasteiger partial charge in [-0.25, -0.2) is 0 Å². The third-order valence-electron chi connectivity index (χ3n) is 4.82. The van der Waals surface area contributed by atoms with Gasteiger partial charge in [0.2, 0.25) is 0 Å². The number of aryl methyl sites for hydroxylation is 1. The van der Waals surface area contributed by atoms with Crippen LogP contribution in [-0.2, 0) is 17.8 Å². The summed E-state index contributed by atoms with van der Waals surface area (Å²) >= 11 is 6.41. The van der Waals surface area contributed by atoms with E-state index in [0.29, 0.717) is 0 Å². The van der Waals surface area contributed by atoms with E-state index in [0.717, 1.165) is 14.0 Å². The summed E-state index contributed by atoms with van der Waals surface area (Å²) in [7, 11) is 0.779. The Labute approximate surface area is 273 Å². The number of nitriles is 1. The first-order valence-corrected chi connectivity index (χ1v) is 11.8. The van der Waals surface area contributed by atoms with Crippen molar-refractivity contribution in [1.82, 2.24) is 14.9 Å². The van der Waals surface area contributed by atoms with Gasteiger partial charge in [0.1, 0.15) is 24.1 Å². The Hall–Kier alpha value is -4.45. The first kappa shape index (κ1) is 13.0. The molecule has 0 aliphatic rings. The van der Waals surface area contributed by atoms with Gasteiger partial charge in [0.25, 0.3) is 0 Å². The highest BCUT2D eigenvalue weighted by Gasteiger charge is 2.16. The Morgan fingerprint density at radius 1 is 1.29 bits per heavy atom. The van der Waals surface area contributed by atoms with Crippen LogP contribution in [0.15, 0.2) is 66.6 Å². The van der Waals surface area contributed by atoms with Crippen molar-refractivity contribution >= 4 is 39.7 Å². The molecule has 4 rings (SSSR count). The van der Waals surface area contributed by atoms with Gasteiger partial charge in [-0.2, -0.15) is 5.26 Å². The summed E-state index contributed by atoms with van der Waals surface area (Å²) in [6, 6.07) is -7.76. The lowest BCUT2D eigenvalue weighted by atomic mass is 10.0. The molecule has 0 aliphatic heterocycles. The predicted octanol–water partition coefficient (Wildman–Crippen LogP) is 6.41. The Morgan fingerprint density at radius 2 is 2.15 bits per heavy atom. The normalized spacial score (nSPS) is 20.0. The number of aromatic nitrogens is 2. The van der Waals surface area contributed by atoms with E-state index in [1.165, 1.54) is 6.92 Å². The van der Waals surface area contributed by atoms with E-state index in [-0.39, 0.29) is 10.6 Å². The fourth-order valence-electron chi connectivity index (χ4n) is 3.16. The number of carbonyl (C=O) groups is 1. The molecule has 0 fully saturated rings. The summed E-state index contributed by atoms with van der Waals surface area (Å²) < 4.78 is 175. The van der Waals surface area contributed by atoms with Crippen LogP contribution in [0.5, 0.6) is 11.5 Å². The van der Waals surface area contributed by atoms with E-state index in [4.69, 9.17) is 47.1 Å². The zero-order chi connectivity index (χ0) is 46.8. The number of hydrogen-bond acceptors (Lipinski definition) is 8. The Morgan fingerprint density at radius 3 is 2.93 bits per heavy atom. The van der Waals surface area contributed by atoms with E-state index in [1.54, 1.807) is 6.07 Å². The molecule has 0 atom stereocenters. The number of fused-ring (bicyclic) bond motifs is 1. The van der Waals surface area contributed by atoms with E-state index >= 15 is 0 Å². The van der Waals surface area contributed by atoms with Crippen LogP contribution in [0, 0.1) is 18.3 Å². The molecule has 0 aliphatic carbocycles. The van der Waals surface area contributed by atoms with Gasteiger partial charge in [-0.3, -0.25) is 14.8 Å². The molecule has 1 N–H and O–H groups in total. The van der Waals surface area contributed by atoms with Crippen molar-refractivity contribution in [2.75, 3.05) is 32.4 Å².